The van der Waals surface area contributed by atoms with Gasteiger partial charge in [0, 0.05) is 36.2 Å². The lowest BCUT2D eigenvalue weighted by molar-refractivity contribution is 0.0135. The van der Waals surface area contributed by atoms with Gasteiger partial charge in [0.1, 0.15) is 5.75 Å². The van der Waals surface area contributed by atoms with Gasteiger partial charge in [0.25, 0.3) is 5.91 Å². The van der Waals surface area contributed by atoms with Gasteiger partial charge in [-0.1, -0.05) is 42.0 Å². The molecule has 1 amide bonds. The molecule has 1 spiro atoms. The molecule has 4 atom stereocenters. The second kappa shape index (κ2) is 13.1. The van der Waals surface area contributed by atoms with Gasteiger partial charge in [-0.05, 0) is 91.8 Å². The topological polar surface area (TPSA) is 68.2 Å². The van der Waals surface area contributed by atoms with Crippen LogP contribution in [0.3, 0.4) is 0 Å². The van der Waals surface area contributed by atoms with Crippen LogP contribution in [0.15, 0.2) is 66.1 Å². The summed E-state index contributed by atoms with van der Waals surface area (Å²) in [6.07, 6.45) is 10.4. The van der Waals surface area contributed by atoms with E-state index in [4.69, 9.17) is 21.1 Å². The summed E-state index contributed by atoms with van der Waals surface area (Å²) < 4.78 is 28.7. The average Bonchev–Trinajstić information content (AvgIpc) is 3.10. The van der Waals surface area contributed by atoms with E-state index in [0.717, 1.165) is 68.1 Å². The van der Waals surface area contributed by atoms with Crippen molar-refractivity contribution in [1.82, 2.24) is 0 Å². The van der Waals surface area contributed by atoms with E-state index in [-0.39, 0.29) is 11.5 Å². The Bertz CT molecular complexity index is 1390. The van der Waals surface area contributed by atoms with E-state index in [1.807, 2.05) is 24.3 Å². The fourth-order valence-electron chi connectivity index (χ4n) is 6.77. The predicted octanol–water partition coefficient (Wildman–Crippen LogP) is 7.29. The van der Waals surface area contributed by atoms with Crippen LogP contribution in [0.1, 0.15) is 60.0 Å². The number of carbonyl (C=O) groups excluding carboxylic acids is 1. The molecule has 2 aliphatic carbocycles. The molecule has 2 aromatic rings. The van der Waals surface area contributed by atoms with Crippen molar-refractivity contribution < 1.29 is 18.5 Å². The quantitative estimate of drug-likeness (QED) is 0.164. The van der Waals surface area contributed by atoms with Crippen LogP contribution < -0.4 is 9.64 Å². The summed E-state index contributed by atoms with van der Waals surface area (Å²) >= 11 is 6.40. The Labute approximate surface area is 251 Å². The predicted molar refractivity (Wildman–Crippen MR) is 167 cm³/mol. The van der Waals surface area contributed by atoms with Crippen LogP contribution in [0, 0.1) is 11.8 Å². The normalized spacial score (nSPS) is 24.8. The Morgan fingerprint density at radius 3 is 2.88 bits per heavy atom. The maximum atomic E-state index is 13.1. The Morgan fingerprint density at radius 1 is 1.29 bits per heavy atom. The van der Waals surface area contributed by atoms with Crippen molar-refractivity contribution in [3.05, 3.63) is 83.4 Å². The zero-order valence-electron chi connectivity index (χ0n) is 23.9. The molecular formula is C33H40ClN2O4S-. The number of allylic oxidation sites excluding steroid dienone is 1. The third kappa shape index (κ3) is 6.42. The van der Waals surface area contributed by atoms with E-state index in [1.165, 1.54) is 11.1 Å². The van der Waals surface area contributed by atoms with E-state index in [1.54, 1.807) is 19.3 Å². The molecule has 1 heterocycles. The zero-order chi connectivity index (χ0) is 29.0. The van der Waals surface area contributed by atoms with Crippen molar-refractivity contribution in [2.45, 2.75) is 56.5 Å². The second-order valence-corrected chi connectivity index (χ2v) is 13.2. The highest BCUT2D eigenvalue weighted by Gasteiger charge is 2.44. The summed E-state index contributed by atoms with van der Waals surface area (Å²) in [7, 11) is 0.182. The molecular weight excluding hydrogens is 556 g/mol. The van der Waals surface area contributed by atoms with Gasteiger partial charge < -0.3 is 22.9 Å². The van der Waals surface area contributed by atoms with Crippen LogP contribution in [0.5, 0.6) is 5.75 Å². The van der Waals surface area contributed by atoms with Gasteiger partial charge in [0.05, 0.1) is 18.4 Å². The van der Waals surface area contributed by atoms with Crippen LogP contribution in [-0.4, -0.2) is 44.6 Å². The van der Waals surface area contributed by atoms with Crippen molar-refractivity contribution in [1.29, 1.82) is 0 Å². The van der Waals surface area contributed by atoms with Gasteiger partial charge in [-0.2, -0.15) is 10.6 Å². The minimum Gasteiger partial charge on any atom is -0.490 e. The molecule has 0 aromatic heterocycles. The number of anilines is 1. The van der Waals surface area contributed by atoms with Crippen LogP contribution in [0.25, 0.3) is 0 Å². The summed E-state index contributed by atoms with van der Waals surface area (Å²) in [6, 6.07) is 11.7. The molecule has 8 heteroatoms. The lowest BCUT2D eigenvalue weighted by Gasteiger charge is -2.46. The van der Waals surface area contributed by atoms with Gasteiger partial charge >= 0.3 is 0 Å². The summed E-state index contributed by atoms with van der Waals surface area (Å²) in [5.41, 5.74) is 3.71. The Morgan fingerprint density at radius 2 is 2.15 bits per heavy atom. The first kappa shape index (κ1) is 29.9. The number of benzene rings is 2. The Kier molecular flexibility index (Phi) is 9.57. The lowest BCUT2D eigenvalue weighted by Crippen LogP contribution is -2.49. The molecule has 0 radical (unpaired) electrons. The summed E-state index contributed by atoms with van der Waals surface area (Å²) in [4.78, 5) is 15.5. The third-order valence-electron chi connectivity index (χ3n) is 9.05. The maximum Gasteiger partial charge on any atom is 0.254 e. The SMILES string of the molecule is C=CCCC[S-](=O)=NC(=O)c1ccc2c(c1)N(CC1CCC1C(C=C)OC)CC1(CCCc3cc(Cl)ccc31)CO2. The molecule has 0 saturated heterocycles. The number of fused-ring (bicyclic) bond motifs is 3. The molecule has 0 N–H and O–H groups in total. The molecule has 0 bridgehead atoms. The number of aryl methyl sites for hydroxylation is 1. The molecule has 1 fully saturated rings. The highest BCUT2D eigenvalue weighted by atomic mass is 35.5. The molecule has 5 rings (SSSR count). The fourth-order valence-corrected chi connectivity index (χ4v) is 7.76. The summed E-state index contributed by atoms with van der Waals surface area (Å²) in [6.45, 7) is 9.84. The minimum absolute atomic E-state index is 0.0192. The number of unbranched alkanes of at least 4 members (excludes halogenated alkanes) is 1. The van der Waals surface area contributed by atoms with E-state index >= 15 is 0 Å². The number of halogens is 1. The van der Waals surface area contributed by atoms with Crippen LogP contribution in [-0.2, 0) is 31.4 Å². The van der Waals surface area contributed by atoms with Crippen molar-refractivity contribution in [2.75, 3.05) is 37.5 Å². The fraction of sp³-hybridized carbons (Fsp3) is 0.485. The maximum absolute atomic E-state index is 13.1. The number of carbonyl (C=O) groups is 1. The van der Waals surface area contributed by atoms with Gasteiger partial charge in [-0.15, -0.1) is 13.2 Å². The molecule has 6 nitrogen and oxygen atoms in total. The number of hydrogen-bond donors (Lipinski definition) is 0. The number of nitrogens with zero attached hydrogens (tertiary/aromatic N) is 2. The first-order valence-corrected chi connectivity index (χ1v) is 16.2. The van der Waals surface area contributed by atoms with E-state index in [2.05, 4.69) is 34.6 Å². The van der Waals surface area contributed by atoms with Crippen LogP contribution >= 0.6 is 11.6 Å². The van der Waals surface area contributed by atoms with Crippen molar-refractivity contribution in [3.63, 3.8) is 0 Å². The molecule has 4 unspecified atom stereocenters. The van der Waals surface area contributed by atoms with Crippen LogP contribution in [0.2, 0.25) is 5.02 Å². The van der Waals surface area contributed by atoms with Crippen LogP contribution in [0.4, 0.5) is 5.69 Å². The van der Waals surface area contributed by atoms with Gasteiger partial charge in [-0.3, -0.25) is 4.79 Å². The highest BCUT2D eigenvalue weighted by molar-refractivity contribution is 7.75. The zero-order valence-corrected chi connectivity index (χ0v) is 25.4. The van der Waals surface area contributed by atoms with Gasteiger partial charge in [0.2, 0.25) is 0 Å². The minimum atomic E-state index is -1.57. The second-order valence-electron chi connectivity index (χ2n) is 11.6. The lowest BCUT2D eigenvalue weighted by atomic mass is 9.68. The number of hydrogen-bond acceptors (Lipinski definition) is 6. The largest absolute Gasteiger partial charge is 0.490 e. The summed E-state index contributed by atoms with van der Waals surface area (Å²) in [5, 5.41) is 0.761. The first-order chi connectivity index (χ1) is 19.9. The standard InChI is InChI=1S/C33H40ClN2O4S/c1-4-6-7-17-41(38)35-32(37)24-11-15-31-29(19-24)36(20-25-10-13-27(25)30(5-2)39-3)21-33(22-40-31)16-8-9-23-18-26(34)12-14-28(23)33/h4-5,11-12,14-15,18-19,25,27,30H,1-2,6-10,13,16-17,20-22H2,3H3/q-1. The number of rotatable bonds is 10. The highest BCUT2D eigenvalue weighted by Crippen LogP contribution is 2.46. The number of ether oxygens (including phenoxy) is 2. The number of amides is 1. The Hall–Kier alpha value is -2.61. The molecule has 1 saturated carbocycles. The van der Waals surface area contributed by atoms with E-state index in [0.29, 0.717) is 36.2 Å². The molecule has 220 valence electrons. The van der Waals surface area contributed by atoms with Crippen molar-refractivity contribution in [2.24, 2.45) is 16.2 Å². The smallest absolute Gasteiger partial charge is 0.254 e. The number of methoxy groups -OCH3 is 1. The molecule has 41 heavy (non-hydrogen) atoms. The molecule has 1 aliphatic heterocycles. The van der Waals surface area contributed by atoms with Gasteiger partial charge in [-0.25, -0.2) is 0 Å². The van der Waals surface area contributed by atoms with E-state index < -0.39 is 16.5 Å². The van der Waals surface area contributed by atoms with Crippen molar-refractivity contribution in [3.8, 4) is 5.75 Å². The first-order valence-electron chi connectivity index (χ1n) is 14.6. The van der Waals surface area contributed by atoms with Gasteiger partial charge in [0.15, 0.2) is 0 Å². The monoisotopic (exact) mass is 595 g/mol. The molecule has 3 aliphatic rings. The van der Waals surface area contributed by atoms with E-state index in [9.17, 15) is 9.00 Å². The van der Waals surface area contributed by atoms with Crippen molar-refractivity contribution >= 4 is 33.8 Å². The molecule has 2 aromatic carbocycles. The third-order valence-corrected chi connectivity index (χ3v) is 10.3. The Balaban J connectivity index is 1.49. The average molecular weight is 596 g/mol. The summed E-state index contributed by atoms with van der Waals surface area (Å²) in [5.74, 6) is 1.46.